The maximum absolute atomic E-state index is 12.3. The fraction of sp³-hybridized carbons (Fsp3) is 0.136. The summed E-state index contributed by atoms with van der Waals surface area (Å²) < 4.78 is 0. The standard InChI is InChI=1S/C22H19N3OS2/c1-3-19-25-20(15-6-4-5-14(2)11-15)21(28-19)16-7-9-23-18(12-16)24-22(26)17-8-10-27-13-17/h4-13H,3H2,1-2H3,(H,23,24,26). The third-order valence-electron chi connectivity index (χ3n) is 4.31. The van der Waals surface area contributed by atoms with Crippen molar-refractivity contribution in [3.8, 4) is 21.7 Å². The highest BCUT2D eigenvalue weighted by Crippen LogP contribution is 2.37. The van der Waals surface area contributed by atoms with Crippen LogP contribution in [-0.4, -0.2) is 15.9 Å². The van der Waals surface area contributed by atoms with Gasteiger partial charge in [0.1, 0.15) is 5.82 Å². The smallest absolute Gasteiger partial charge is 0.257 e. The Kier molecular flexibility index (Phi) is 5.32. The summed E-state index contributed by atoms with van der Waals surface area (Å²) in [5.74, 6) is 0.388. The molecular weight excluding hydrogens is 386 g/mol. The summed E-state index contributed by atoms with van der Waals surface area (Å²) in [4.78, 5) is 22.6. The summed E-state index contributed by atoms with van der Waals surface area (Å²) in [5.41, 5.74) is 4.93. The quantitative estimate of drug-likeness (QED) is 0.439. The molecule has 1 aromatic carbocycles. The summed E-state index contributed by atoms with van der Waals surface area (Å²) in [5, 5.41) is 7.68. The lowest BCUT2D eigenvalue weighted by Gasteiger charge is -2.07. The SMILES string of the molecule is CCc1nc(-c2cccc(C)c2)c(-c2ccnc(NC(=O)c3ccsc3)c2)s1. The zero-order chi connectivity index (χ0) is 19.5. The van der Waals surface area contributed by atoms with Crippen LogP contribution in [0, 0.1) is 6.92 Å². The number of aryl methyl sites for hydroxylation is 2. The highest BCUT2D eigenvalue weighted by atomic mass is 32.1. The Bertz CT molecular complexity index is 1120. The van der Waals surface area contributed by atoms with Crippen LogP contribution in [0.15, 0.2) is 59.4 Å². The molecule has 0 fully saturated rings. The lowest BCUT2D eigenvalue weighted by molar-refractivity contribution is 0.102. The molecule has 4 nitrogen and oxygen atoms in total. The molecule has 0 aliphatic heterocycles. The van der Waals surface area contributed by atoms with Crippen molar-refractivity contribution in [2.45, 2.75) is 20.3 Å². The Morgan fingerprint density at radius 3 is 2.79 bits per heavy atom. The Morgan fingerprint density at radius 2 is 2.04 bits per heavy atom. The number of anilines is 1. The second-order valence-corrected chi connectivity index (χ2v) is 8.27. The van der Waals surface area contributed by atoms with E-state index in [2.05, 4.69) is 48.4 Å². The maximum Gasteiger partial charge on any atom is 0.257 e. The zero-order valence-electron chi connectivity index (χ0n) is 15.6. The van der Waals surface area contributed by atoms with Crippen LogP contribution in [0.5, 0.6) is 0 Å². The molecule has 140 valence electrons. The molecule has 0 saturated heterocycles. The number of amides is 1. The van der Waals surface area contributed by atoms with E-state index < -0.39 is 0 Å². The first kappa shape index (κ1) is 18.5. The molecule has 0 radical (unpaired) electrons. The second-order valence-electron chi connectivity index (χ2n) is 6.40. The van der Waals surface area contributed by atoms with Crippen molar-refractivity contribution in [2.75, 3.05) is 5.32 Å². The molecule has 0 aliphatic rings. The molecule has 1 N–H and O–H groups in total. The minimum Gasteiger partial charge on any atom is -0.307 e. The number of hydrogen-bond donors (Lipinski definition) is 1. The number of nitrogens with one attached hydrogen (secondary N) is 1. The Labute approximate surface area is 171 Å². The van der Waals surface area contributed by atoms with Crippen molar-refractivity contribution >= 4 is 34.4 Å². The van der Waals surface area contributed by atoms with Gasteiger partial charge in [-0.05, 0) is 48.6 Å². The fourth-order valence-electron chi connectivity index (χ4n) is 2.92. The number of aromatic nitrogens is 2. The number of rotatable bonds is 5. The number of pyridine rings is 1. The van der Waals surface area contributed by atoms with E-state index in [-0.39, 0.29) is 5.91 Å². The molecule has 3 heterocycles. The van der Waals surface area contributed by atoms with Crippen molar-refractivity contribution in [1.29, 1.82) is 0 Å². The van der Waals surface area contributed by atoms with E-state index >= 15 is 0 Å². The molecule has 0 spiro atoms. The van der Waals surface area contributed by atoms with Crippen LogP contribution in [0.3, 0.4) is 0 Å². The van der Waals surface area contributed by atoms with E-state index in [9.17, 15) is 4.79 Å². The van der Waals surface area contributed by atoms with Gasteiger partial charge in [0.15, 0.2) is 0 Å². The minimum atomic E-state index is -0.150. The summed E-state index contributed by atoms with van der Waals surface area (Å²) in [7, 11) is 0. The van der Waals surface area contributed by atoms with E-state index in [4.69, 9.17) is 4.98 Å². The van der Waals surface area contributed by atoms with Gasteiger partial charge in [-0.1, -0.05) is 30.7 Å². The van der Waals surface area contributed by atoms with Gasteiger partial charge in [0, 0.05) is 17.1 Å². The molecule has 6 heteroatoms. The van der Waals surface area contributed by atoms with E-state index in [1.54, 1.807) is 23.6 Å². The monoisotopic (exact) mass is 405 g/mol. The van der Waals surface area contributed by atoms with Crippen LogP contribution in [-0.2, 0) is 6.42 Å². The third-order valence-corrected chi connectivity index (χ3v) is 6.24. The second kappa shape index (κ2) is 8.04. The Morgan fingerprint density at radius 1 is 1.14 bits per heavy atom. The Balaban J connectivity index is 1.71. The number of nitrogens with zero attached hydrogens (tertiary/aromatic N) is 2. The highest BCUT2D eigenvalue weighted by Gasteiger charge is 2.16. The maximum atomic E-state index is 12.3. The lowest BCUT2D eigenvalue weighted by Crippen LogP contribution is -2.11. The van der Waals surface area contributed by atoms with Crippen LogP contribution in [0.4, 0.5) is 5.82 Å². The van der Waals surface area contributed by atoms with Crippen LogP contribution in [0.1, 0.15) is 27.9 Å². The first-order valence-corrected chi connectivity index (χ1v) is 10.8. The van der Waals surface area contributed by atoms with E-state index in [1.807, 2.05) is 22.9 Å². The van der Waals surface area contributed by atoms with E-state index in [1.165, 1.54) is 16.9 Å². The normalized spacial score (nSPS) is 10.8. The van der Waals surface area contributed by atoms with Gasteiger partial charge in [-0.2, -0.15) is 11.3 Å². The van der Waals surface area contributed by atoms with Gasteiger partial charge in [0.25, 0.3) is 5.91 Å². The summed E-state index contributed by atoms with van der Waals surface area (Å²) in [6, 6.07) is 14.1. The molecule has 4 aromatic rings. The number of carbonyl (C=O) groups excluding carboxylic acids is 1. The van der Waals surface area contributed by atoms with E-state index in [0.29, 0.717) is 11.4 Å². The predicted molar refractivity (Wildman–Crippen MR) is 117 cm³/mol. The number of benzene rings is 1. The number of hydrogen-bond acceptors (Lipinski definition) is 5. The van der Waals surface area contributed by atoms with Crippen molar-refractivity contribution in [3.63, 3.8) is 0 Å². The molecule has 28 heavy (non-hydrogen) atoms. The fourth-order valence-corrected chi connectivity index (χ4v) is 4.58. The number of thiophene rings is 1. The largest absolute Gasteiger partial charge is 0.307 e. The average molecular weight is 406 g/mol. The molecule has 0 aliphatic carbocycles. The topological polar surface area (TPSA) is 54.9 Å². The first-order chi connectivity index (χ1) is 13.6. The molecular formula is C22H19N3OS2. The van der Waals surface area contributed by atoms with Gasteiger partial charge in [-0.3, -0.25) is 4.79 Å². The Hall–Kier alpha value is -2.83. The molecule has 1 amide bonds. The number of thiazole rings is 1. The van der Waals surface area contributed by atoms with E-state index in [0.717, 1.165) is 33.1 Å². The van der Waals surface area contributed by atoms with Gasteiger partial charge in [0.2, 0.25) is 0 Å². The van der Waals surface area contributed by atoms with Crippen LogP contribution in [0.25, 0.3) is 21.7 Å². The third kappa shape index (κ3) is 3.88. The molecule has 0 unspecified atom stereocenters. The molecule has 4 rings (SSSR count). The van der Waals surface area contributed by atoms with Gasteiger partial charge in [-0.25, -0.2) is 9.97 Å². The predicted octanol–water partition coefficient (Wildman–Crippen LogP) is 6.06. The van der Waals surface area contributed by atoms with Crippen LogP contribution < -0.4 is 5.32 Å². The summed E-state index contributed by atoms with van der Waals surface area (Å²) >= 11 is 3.19. The molecule has 0 saturated carbocycles. The minimum absolute atomic E-state index is 0.150. The molecule has 0 atom stereocenters. The van der Waals surface area contributed by atoms with Crippen molar-refractivity contribution in [2.24, 2.45) is 0 Å². The van der Waals surface area contributed by atoms with Gasteiger partial charge < -0.3 is 5.32 Å². The van der Waals surface area contributed by atoms with Crippen molar-refractivity contribution in [3.05, 3.63) is 75.6 Å². The van der Waals surface area contributed by atoms with Gasteiger partial charge in [0.05, 0.1) is 21.1 Å². The van der Waals surface area contributed by atoms with Crippen molar-refractivity contribution < 1.29 is 4.79 Å². The molecule has 0 bridgehead atoms. The lowest BCUT2D eigenvalue weighted by atomic mass is 10.1. The summed E-state index contributed by atoms with van der Waals surface area (Å²) in [6.45, 7) is 4.20. The van der Waals surface area contributed by atoms with Crippen LogP contribution in [0.2, 0.25) is 0 Å². The first-order valence-electron chi connectivity index (χ1n) is 9.00. The van der Waals surface area contributed by atoms with Crippen molar-refractivity contribution in [1.82, 2.24) is 9.97 Å². The summed E-state index contributed by atoms with van der Waals surface area (Å²) in [6.07, 6.45) is 2.61. The molecule has 3 aromatic heterocycles. The van der Waals surface area contributed by atoms with Gasteiger partial charge >= 0.3 is 0 Å². The van der Waals surface area contributed by atoms with Crippen LogP contribution >= 0.6 is 22.7 Å². The highest BCUT2D eigenvalue weighted by molar-refractivity contribution is 7.15. The zero-order valence-corrected chi connectivity index (χ0v) is 17.2. The van der Waals surface area contributed by atoms with Gasteiger partial charge in [-0.15, -0.1) is 11.3 Å². The number of carbonyl (C=O) groups is 1. The average Bonchev–Trinajstić information content (AvgIpc) is 3.38.